The number of halogens is 9. The molecule has 6 aliphatic rings. The molecule has 2 fully saturated rings. The summed E-state index contributed by atoms with van der Waals surface area (Å²) in [6.07, 6.45) is 4.48. The van der Waals surface area contributed by atoms with Crippen LogP contribution < -0.4 is 31.3 Å². The number of Topliss-reactive ketones (excluding diaryl/α,β-unsaturated/α-hetero) is 4. The zero-order valence-electron chi connectivity index (χ0n) is 54.1. The van der Waals surface area contributed by atoms with E-state index >= 15 is 0 Å². The van der Waals surface area contributed by atoms with Gasteiger partial charge in [0.15, 0.2) is 45.5 Å². The van der Waals surface area contributed by atoms with Gasteiger partial charge in [0.05, 0.1) is 79.1 Å². The number of amides is 4. The molecule has 1 saturated carbocycles. The second-order valence-electron chi connectivity index (χ2n) is 25.2. The highest BCUT2D eigenvalue weighted by atomic mass is 35.5. The lowest BCUT2D eigenvalue weighted by atomic mass is 9.87. The van der Waals surface area contributed by atoms with Crippen LogP contribution in [-0.2, 0) is 51.6 Å². The van der Waals surface area contributed by atoms with Crippen molar-refractivity contribution in [2.75, 3.05) is 39.3 Å². The van der Waals surface area contributed by atoms with Crippen molar-refractivity contribution in [3.8, 4) is 5.69 Å². The van der Waals surface area contributed by atoms with Crippen molar-refractivity contribution in [3.63, 3.8) is 0 Å². The summed E-state index contributed by atoms with van der Waals surface area (Å²) in [5, 5.41) is 64.2. The number of nitrogens with zero attached hydrogens (tertiary/aromatic N) is 3. The van der Waals surface area contributed by atoms with E-state index < -0.39 is 105 Å². The topological polar surface area (TPSA) is 347 Å². The highest BCUT2D eigenvalue weighted by Crippen LogP contribution is 2.51. The summed E-state index contributed by atoms with van der Waals surface area (Å²) >= 11 is 48.8. The zero-order valence-corrected chi connectivity index (χ0v) is 60.9. The Morgan fingerprint density at radius 2 is 0.781 bits per heavy atom. The number of nitrogens with one attached hydrogen (secondary N) is 4. The average molecular weight is 1600 g/mol. The van der Waals surface area contributed by atoms with Crippen LogP contribution in [0.25, 0.3) is 5.69 Å². The Kier molecular flexibility index (Phi) is 21.4. The van der Waals surface area contributed by atoms with Crippen LogP contribution in [0.4, 0.5) is 32.8 Å². The fraction of sp³-hybridized carbons (Fsp3) is 0.192. The first kappa shape index (κ1) is 76.0. The highest BCUT2D eigenvalue weighted by molar-refractivity contribution is 7.89. The highest BCUT2D eigenvalue weighted by Gasteiger charge is 2.53. The van der Waals surface area contributed by atoms with Gasteiger partial charge in [0.1, 0.15) is 5.82 Å². The summed E-state index contributed by atoms with van der Waals surface area (Å²) in [5.74, 6) is -5.16. The molecular formula is C73H55Cl8FN8O14S. The van der Waals surface area contributed by atoms with Crippen LogP contribution in [0.3, 0.4) is 0 Å². The number of rotatable bonds is 16. The molecule has 22 nitrogen and oxygen atoms in total. The van der Waals surface area contributed by atoms with E-state index in [0.717, 1.165) is 43.4 Å². The van der Waals surface area contributed by atoms with Gasteiger partial charge in [-0.25, -0.2) is 22.6 Å². The molecule has 1 aromatic heterocycles. The third-order valence-corrected chi connectivity index (χ3v) is 21.9. The third-order valence-electron chi connectivity index (χ3n) is 18.4. The number of hydrogen-bond donors (Lipinski definition) is 9. The monoisotopic (exact) mass is 1600 g/mol. The number of carbonyl (C=O) groups is 8. The molecule has 0 bridgehead atoms. The van der Waals surface area contributed by atoms with Crippen LogP contribution in [0.1, 0.15) is 120 Å². The van der Waals surface area contributed by atoms with Gasteiger partial charge in [-0.2, -0.15) is 5.10 Å². The Morgan fingerprint density at radius 1 is 0.467 bits per heavy atom. The maximum atomic E-state index is 14.2. The summed E-state index contributed by atoms with van der Waals surface area (Å²) in [7, 11) is -3.90. The van der Waals surface area contributed by atoms with Crippen molar-refractivity contribution in [2.45, 2.75) is 78.2 Å². The van der Waals surface area contributed by atoms with Gasteiger partial charge < -0.3 is 46.6 Å². The number of nitrogens with two attached hydrogens (primary N) is 1. The minimum atomic E-state index is -3.90. The van der Waals surface area contributed by atoms with Crippen molar-refractivity contribution >= 4 is 178 Å². The first-order valence-corrected chi connectivity index (χ1v) is 36.3. The number of benzene rings is 8. The van der Waals surface area contributed by atoms with Gasteiger partial charge in [0.25, 0.3) is 23.6 Å². The summed E-state index contributed by atoms with van der Waals surface area (Å²) in [6.45, 7) is 2.03. The number of carbonyl (C=O) groups excluding carboxylic acids is 8. The van der Waals surface area contributed by atoms with Crippen LogP contribution in [0.5, 0.6) is 0 Å². The quantitative estimate of drug-likeness (QED) is 0.0406. The van der Waals surface area contributed by atoms with Crippen molar-refractivity contribution in [1.82, 2.24) is 9.78 Å². The van der Waals surface area contributed by atoms with E-state index in [0.29, 0.717) is 16.7 Å². The lowest BCUT2D eigenvalue weighted by molar-refractivity contribution is -0.133. The molecule has 10 N–H and O–H groups in total. The van der Waals surface area contributed by atoms with Crippen molar-refractivity contribution in [2.24, 2.45) is 5.14 Å². The number of aliphatic hydroxyl groups is 4. The zero-order chi connectivity index (χ0) is 75.6. The van der Waals surface area contributed by atoms with E-state index in [4.69, 9.17) is 97.9 Å². The molecule has 8 aromatic carbocycles. The van der Waals surface area contributed by atoms with Gasteiger partial charge in [0.2, 0.25) is 10.0 Å². The summed E-state index contributed by atoms with van der Waals surface area (Å²) in [4.78, 5) is 102. The van der Waals surface area contributed by atoms with Crippen LogP contribution >= 0.6 is 92.8 Å². The number of aromatic nitrogens is 2. The molecule has 0 unspecified atom stereocenters. The average Bonchev–Trinajstić information content (AvgIpc) is 1.62. The molecule has 32 heteroatoms. The molecule has 540 valence electrons. The Bertz CT molecular complexity index is 5250. The number of primary sulfonamides is 1. The number of sulfonamides is 1. The molecule has 105 heavy (non-hydrogen) atoms. The van der Waals surface area contributed by atoms with Gasteiger partial charge in [0, 0.05) is 95.8 Å². The number of ketones is 4. The van der Waals surface area contributed by atoms with Crippen molar-refractivity contribution < 1.29 is 71.6 Å². The third kappa shape index (κ3) is 14.9. The Hall–Kier alpha value is -8.67. The molecule has 4 atom stereocenters. The SMILES string of the molecule is NS(=O)(=O)c1ccc(C(=O)C[C@@]2(O)C(=O)Nc3c(Cl)ccc(Cl)c32)cc1.O=C(C[C@@]1(O)C(=O)Nc2c(Cl)ccc(Cl)c21)c1ccc(-n2cccn2)cc1.O=C(C[C@@]1(O)C(=O)Nc2c(Cl)ccc(Cl)c21)c1ccc(C2CC2)c(F)c1.O=C(C[C@@]1(O)C(=O)Nc2c(Cl)ccc(Cl)c21)c1ccc(N2CCC2)cc1. The minimum Gasteiger partial charge on any atom is -0.375 e. The first-order valence-electron chi connectivity index (χ1n) is 31.7. The van der Waals surface area contributed by atoms with E-state index in [9.17, 15) is 71.6 Å². The molecular weight excluding hydrogens is 1550 g/mol. The predicted molar refractivity (Wildman–Crippen MR) is 395 cm³/mol. The summed E-state index contributed by atoms with van der Waals surface area (Å²) in [6, 6.07) is 36.6. The van der Waals surface area contributed by atoms with Gasteiger partial charge >= 0.3 is 0 Å². The molecule has 1 aliphatic carbocycles. The standard InChI is InChI=1S/C19H14Cl2FNO3.C19H13Cl2N3O3.C19H16Cl2N2O3.C16H12Cl2N2O5S/c20-12-5-6-13(21)17-16(12)19(26,18(25)23-17)8-15(24)10-3-4-11(9-1-2-9)14(22)7-10;20-13-6-7-14(21)17-16(13)19(27,18(26)23-17)10-15(25)11-2-4-12(5-3-11)24-9-1-8-22-24;20-13-6-7-14(21)17-16(13)19(26,18(25)22-17)10-15(24)11-2-4-12(5-3-11)23-8-1-9-23;17-10-5-6-11(18)14-13(10)16(23,15(22)20-14)7-12(21)8-1-3-9(4-2-8)26(19,24)25/h3-7,9,26H,1-2,8H2,(H,23,25);1-9,27H,10H2,(H,23,26);2-7,26H,1,8-10H2,(H,22,25);1-6,23H,7H2,(H,20,22)(H2,19,24,25)/t3*19-;16-/m0000/s1. The molecule has 4 amide bonds. The van der Waals surface area contributed by atoms with Crippen molar-refractivity contribution in [1.29, 1.82) is 0 Å². The molecule has 9 aromatic rings. The number of fused-ring (bicyclic) bond motifs is 4. The second kappa shape index (κ2) is 29.6. The van der Waals surface area contributed by atoms with E-state index in [1.165, 1.54) is 85.3 Å². The fourth-order valence-corrected chi connectivity index (χ4v) is 15.1. The Morgan fingerprint density at radius 3 is 1.08 bits per heavy atom. The maximum absolute atomic E-state index is 14.2. The molecule has 1 saturated heterocycles. The first-order chi connectivity index (χ1) is 49.6. The lowest BCUT2D eigenvalue weighted by Gasteiger charge is -2.33. The minimum absolute atomic E-state index is 0.0335. The maximum Gasteiger partial charge on any atom is 0.261 e. The van der Waals surface area contributed by atoms with E-state index in [1.54, 1.807) is 65.6 Å². The van der Waals surface area contributed by atoms with Crippen molar-refractivity contribution in [3.05, 3.63) is 254 Å². The molecule has 0 radical (unpaired) electrons. The van der Waals surface area contributed by atoms with Gasteiger partial charge in [-0.1, -0.05) is 117 Å². The molecule has 15 rings (SSSR count). The fourth-order valence-electron chi connectivity index (χ4n) is 12.6. The van der Waals surface area contributed by atoms with E-state index in [-0.39, 0.29) is 113 Å². The normalized spacial score (nSPS) is 20.0. The molecule has 0 spiro atoms. The lowest BCUT2D eigenvalue weighted by Crippen LogP contribution is -2.37. The largest absolute Gasteiger partial charge is 0.375 e. The van der Waals surface area contributed by atoms with Crippen LogP contribution in [-0.4, -0.2) is 98.5 Å². The molecule has 5 aliphatic heterocycles. The summed E-state index contributed by atoms with van der Waals surface area (Å²) in [5.41, 5.74) is -3.79. The smallest absolute Gasteiger partial charge is 0.261 e. The Labute approximate surface area is 637 Å². The second-order valence-corrected chi connectivity index (χ2v) is 30.1. The number of anilines is 5. The van der Waals surface area contributed by atoms with Gasteiger partial charge in [-0.05, 0) is 152 Å². The van der Waals surface area contributed by atoms with E-state index in [1.807, 2.05) is 12.1 Å². The Balaban J connectivity index is 0.000000131. The molecule has 6 heterocycles. The van der Waals surface area contributed by atoms with E-state index in [2.05, 4.69) is 31.3 Å². The van der Waals surface area contributed by atoms with Gasteiger partial charge in [-0.15, -0.1) is 0 Å². The number of hydrogen-bond acceptors (Lipinski definition) is 16. The van der Waals surface area contributed by atoms with Crippen LogP contribution in [0, 0.1) is 5.82 Å². The predicted octanol–water partition coefficient (Wildman–Crippen LogP) is 13.7. The summed E-state index contributed by atoms with van der Waals surface area (Å²) < 4.78 is 38.4. The van der Waals surface area contributed by atoms with Crippen LogP contribution in [0.15, 0.2) is 163 Å². The van der Waals surface area contributed by atoms with Crippen LogP contribution in [0.2, 0.25) is 40.2 Å². The van der Waals surface area contributed by atoms with Gasteiger partial charge in [-0.3, -0.25) is 38.4 Å².